The lowest BCUT2D eigenvalue weighted by Gasteiger charge is -2.28. The molecule has 0 bridgehead atoms. The summed E-state index contributed by atoms with van der Waals surface area (Å²) in [5, 5.41) is 4.26. The zero-order valence-corrected chi connectivity index (χ0v) is 15.5. The van der Waals surface area contributed by atoms with E-state index in [2.05, 4.69) is 21.9 Å². The number of aromatic nitrogens is 3. The van der Waals surface area contributed by atoms with Crippen molar-refractivity contribution in [3.63, 3.8) is 0 Å². The Labute approximate surface area is 154 Å². The minimum absolute atomic E-state index is 0.000921. The first-order valence-electron chi connectivity index (χ1n) is 9.19. The summed E-state index contributed by atoms with van der Waals surface area (Å²) in [5.74, 6) is 0.396. The number of hydrogen-bond donors (Lipinski definition) is 0. The molecule has 1 fully saturated rings. The van der Waals surface area contributed by atoms with E-state index in [0.717, 1.165) is 45.6 Å². The molecule has 0 radical (unpaired) electrons. The number of hydrogen-bond acceptors (Lipinski definition) is 5. The normalized spacial score (nSPS) is 16.9. The van der Waals surface area contributed by atoms with E-state index in [1.807, 2.05) is 28.0 Å². The lowest BCUT2D eigenvalue weighted by molar-refractivity contribution is 0.0753. The maximum atomic E-state index is 12.9. The monoisotopic (exact) mass is 357 g/mol. The van der Waals surface area contributed by atoms with Crippen molar-refractivity contribution in [3.05, 3.63) is 42.4 Å². The fraction of sp³-hybridized carbons (Fsp3) is 0.526. The molecule has 1 unspecified atom stereocenters. The Morgan fingerprint density at radius 1 is 1.23 bits per heavy atom. The first-order valence-corrected chi connectivity index (χ1v) is 9.19. The van der Waals surface area contributed by atoms with Crippen LogP contribution in [0.5, 0.6) is 5.88 Å². The second-order valence-electron chi connectivity index (χ2n) is 6.65. The van der Waals surface area contributed by atoms with Crippen molar-refractivity contribution in [2.45, 2.75) is 32.4 Å². The van der Waals surface area contributed by atoms with E-state index in [1.54, 1.807) is 25.4 Å². The Kier molecular flexibility index (Phi) is 6.22. The van der Waals surface area contributed by atoms with Crippen LogP contribution in [0.1, 0.15) is 30.1 Å². The lowest BCUT2D eigenvalue weighted by atomic mass is 10.2. The predicted octanol–water partition coefficient (Wildman–Crippen LogP) is 1.91. The highest BCUT2D eigenvalue weighted by Gasteiger charge is 2.24. The van der Waals surface area contributed by atoms with Gasteiger partial charge in [0, 0.05) is 57.4 Å². The number of carbonyl (C=O) groups is 1. The van der Waals surface area contributed by atoms with Crippen LogP contribution in [0, 0.1) is 0 Å². The first kappa shape index (κ1) is 18.4. The Morgan fingerprint density at radius 3 is 2.88 bits per heavy atom. The molecule has 2 aromatic heterocycles. The zero-order valence-electron chi connectivity index (χ0n) is 15.5. The number of nitrogens with zero attached hydrogens (tertiary/aromatic N) is 5. The molecule has 0 saturated carbocycles. The van der Waals surface area contributed by atoms with Crippen molar-refractivity contribution in [1.29, 1.82) is 0 Å². The Morgan fingerprint density at radius 2 is 2.12 bits per heavy atom. The van der Waals surface area contributed by atoms with Crippen molar-refractivity contribution < 1.29 is 9.53 Å². The third-order valence-corrected chi connectivity index (χ3v) is 4.97. The van der Waals surface area contributed by atoms with Crippen LogP contribution in [-0.2, 0) is 6.54 Å². The second kappa shape index (κ2) is 8.80. The molecule has 1 saturated heterocycles. The number of amides is 1. The maximum absolute atomic E-state index is 12.9. The summed E-state index contributed by atoms with van der Waals surface area (Å²) < 4.78 is 7.21. The number of methoxy groups -OCH3 is 1. The molecule has 1 amide bonds. The predicted molar refractivity (Wildman–Crippen MR) is 99.2 cm³/mol. The Hall–Kier alpha value is -2.41. The fourth-order valence-corrected chi connectivity index (χ4v) is 3.40. The molecule has 0 aliphatic carbocycles. The highest BCUT2D eigenvalue weighted by atomic mass is 16.5. The van der Waals surface area contributed by atoms with Gasteiger partial charge in [0.25, 0.3) is 5.91 Å². The molecule has 0 N–H and O–H groups in total. The van der Waals surface area contributed by atoms with Gasteiger partial charge >= 0.3 is 0 Å². The van der Waals surface area contributed by atoms with Gasteiger partial charge in [0.1, 0.15) is 5.56 Å². The molecule has 26 heavy (non-hydrogen) atoms. The molecule has 7 nitrogen and oxygen atoms in total. The van der Waals surface area contributed by atoms with Gasteiger partial charge < -0.3 is 9.64 Å². The lowest BCUT2D eigenvalue weighted by Crippen LogP contribution is -2.39. The topological polar surface area (TPSA) is 63.5 Å². The van der Waals surface area contributed by atoms with Crippen LogP contribution in [-0.4, -0.2) is 69.8 Å². The van der Waals surface area contributed by atoms with Crippen LogP contribution in [0.3, 0.4) is 0 Å². The molecule has 0 spiro atoms. The highest BCUT2D eigenvalue weighted by Crippen LogP contribution is 2.18. The Balaban J connectivity index is 1.56. The van der Waals surface area contributed by atoms with Gasteiger partial charge in [0.15, 0.2) is 0 Å². The van der Waals surface area contributed by atoms with E-state index in [1.165, 1.54) is 0 Å². The van der Waals surface area contributed by atoms with Gasteiger partial charge in [-0.25, -0.2) is 4.98 Å². The molecular weight excluding hydrogens is 330 g/mol. The second-order valence-corrected chi connectivity index (χ2v) is 6.65. The minimum Gasteiger partial charge on any atom is -0.480 e. The number of carbonyl (C=O) groups excluding carboxylic acids is 1. The molecule has 3 rings (SSSR count). The molecule has 140 valence electrons. The third-order valence-electron chi connectivity index (χ3n) is 4.97. The van der Waals surface area contributed by atoms with Gasteiger partial charge in [-0.1, -0.05) is 0 Å². The van der Waals surface area contributed by atoms with Gasteiger partial charge in [0.05, 0.1) is 7.11 Å². The van der Waals surface area contributed by atoms with Gasteiger partial charge in [0.2, 0.25) is 5.88 Å². The summed E-state index contributed by atoms with van der Waals surface area (Å²) in [6, 6.07) is 5.97. The van der Waals surface area contributed by atoms with Crippen LogP contribution < -0.4 is 4.74 Å². The van der Waals surface area contributed by atoms with Crippen molar-refractivity contribution in [2.24, 2.45) is 0 Å². The number of aryl methyl sites for hydroxylation is 1. The summed E-state index contributed by atoms with van der Waals surface area (Å²) in [4.78, 5) is 21.4. The van der Waals surface area contributed by atoms with E-state index in [9.17, 15) is 4.79 Å². The van der Waals surface area contributed by atoms with Gasteiger partial charge in [-0.2, -0.15) is 5.10 Å². The van der Waals surface area contributed by atoms with Gasteiger partial charge in [-0.05, 0) is 38.0 Å². The summed E-state index contributed by atoms with van der Waals surface area (Å²) in [6.07, 6.45) is 7.47. The fourth-order valence-electron chi connectivity index (χ4n) is 3.40. The van der Waals surface area contributed by atoms with E-state index < -0.39 is 0 Å². The summed E-state index contributed by atoms with van der Waals surface area (Å²) in [7, 11) is 1.55. The molecule has 0 aromatic carbocycles. The van der Waals surface area contributed by atoms with Crippen LogP contribution >= 0.6 is 0 Å². The summed E-state index contributed by atoms with van der Waals surface area (Å²) >= 11 is 0. The SMILES string of the molecule is COc1ncccc1C(=O)N1CCCN(C(C)CCn2cccn2)CC1. The van der Waals surface area contributed by atoms with Gasteiger partial charge in [-0.3, -0.25) is 14.4 Å². The summed E-state index contributed by atoms with van der Waals surface area (Å²) in [6.45, 7) is 6.55. The van der Waals surface area contributed by atoms with E-state index >= 15 is 0 Å². The number of rotatable bonds is 6. The van der Waals surface area contributed by atoms with Crippen molar-refractivity contribution >= 4 is 5.91 Å². The molecule has 7 heteroatoms. The zero-order chi connectivity index (χ0) is 18.4. The van der Waals surface area contributed by atoms with Crippen LogP contribution in [0.15, 0.2) is 36.8 Å². The smallest absolute Gasteiger partial charge is 0.259 e. The quantitative estimate of drug-likeness (QED) is 0.790. The van der Waals surface area contributed by atoms with Crippen molar-refractivity contribution in [1.82, 2.24) is 24.6 Å². The molecule has 2 aromatic rings. The number of pyridine rings is 1. The molecular formula is C19H27N5O2. The van der Waals surface area contributed by atoms with Crippen molar-refractivity contribution in [2.75, 3.05) is 33.3 Å². The molecule has 1 aliphatic rings. The average Bonchev–Trinajstić information content (AvgIpc) is 3.08. The molecule has 1 aliphatic heterocycles. The highest BCUT2D eigenvalue weighted by molar-refractivity contribution is 5.96. The average molecular weight is 357 g/mol. The largest absolute Gasteiger partial charge is 0.480 e. The van der Waals surface area contributed by atoms with E-state index in [-0.39, 0.29) is 5.91 Å². The first-order chi connectivity index (χ1) is 12.7. The standard InChI is InChI=1S/C19H27N5O2/c1-16(7-13-24-12-4-9-21-24)22-10-5-11-23(15-14-22)19(25)17-6-3-8-20-18(17)26-2/h3-4,6,8-9,12,16H,5,7,10-11,13-15H2,1-2H3. The van der Waals surface area contributed by atoms with E-state index in [4.69, 9.17) is 4.74 Å². The minimum atomic E-state index is 0.000921. The van der Waals surface area contributed by atoms with Crippen LogP contribution in [0.2, 0.25) is 0 Å². The summed E-state index contributed by atoms with van der Waals surface area (Å²) in [5.41, 5.74) is 0.537. The number of ether oxygens (including phenoxy) is 1. The van der Waals surface area contributed by atoms with Gasteiger partial charge in [-0.15, -0.1) is 0 Å². The van der Waals surface area contributed by atoms with Crippen LogP contribution in [0.4, 0.5) is 0 Å². The molecule has 1 atom stereocenters. The van der Waals surface area contributed by atoms with Crippen molar-refractivity contribution in [3.8, 4) is 5.88 Å². The van der Waals surface area contributed by atoms with E-state index in [0.29, 0.717) is 17.5 Å². The Bertz CT molecular complexity index is 704. The maximum Gasteiger partial charge on any atom is 0.259 e. The van der Waals surface area contributed by atoms with Crippen LogP contribution in [0.25, 0.3) is 0 Å². The third kappa shape index (κ3) is 4.40. The molecule has 3 heterocycles.